The second kappa shape index (κ2) is 13.0. The number of hydrogen-bond donors (Lipinski definition) is 3. The minimum atomic E-state index is -1.79. The lowest BCUT2D eigenvalue weighted by molar-refractivity contribution is 0.198. The highest BCUT2D eigenvalue weighted by Gasteiger charge is 2.20. The maximum atomic E-state index is 10.5. The van der Waals surface area contributed by atoms with Crippen LogP contribution in [0.15, 0.2) is 0 Å². The molecule has 1 fully saturated rings. The van der Waals surface area contributed by atoms with Gasteiger partial charge in [0.1, 0.15) is 13.2 Å². The fourth-order valence-electron chi connectivity index (χ4n) is 1.03. The molecule has 0 bridgehead atoms. The van der Waals surface area contributed by atoms with Crippen LogP contribution in [0.1, 0.15) is 19.3 Å². The topological polar surface area (TPSA) is 99.6 Å². The summed E-state index contributed by atoms with van der Waals surface area (Å²) in [5.74, 6) is 0. The molecule has 1 heterocycles. The Balaban J connectivity index is 0.000000293. The predicted octanol–water partition coefficient (Wildman–Crippen LogP) is 0.354. The summed E-state index contributed by atoms with van der Waals surface area (Å²) in [6.45, 7) is 4.29. The van der Waals surface area contributed by atoms with Crippen molar-refractivity contribution in [1.82, 2.24) is 5.32 Å². The Kier molecular flexibility index (Phi) is 12.9. The summed E-state index contributed by atoms with van der Waals surface area (Å²) in [5, 5.41) is 3.03. The third kappa shape index (κ3) is 12.0. The molecule has 0 aromatic carbocycles. The quantitative estimate of drug-likeness (QED) is 0.493. The molecule has 96 valence electrons. The van der Waals surface area contributed by atoms with Crippen LogP contribution in [0.4, 0.5) is 0 Å². The van der Waals surface area contributed by atoms with Crippen molar-refractivity contribution >= 4 is 8.25 Å². The first kappa shape index (κ1) is 15.9. The molecule has 0 saturated carbocycles. The van der Waals surface area contributed by atoms with Crippen molar-refractivity contribution in [2.45, 2.75) is 19.3 Å². The molecule has 0 unspecified atom stereocenters. The molecule has 0 aromatic heterocycles. The van der Waals surface area contributed by atoms with E-state index in [0.717, 1.165) is 32.4 Å². The van der Waals surface area contributed by atoms with Gasteiger partial charge in [0.25, 0.3) is 0 Å². The van der Waals surface area contributed by atoms with Crippen LogP contribution in [-0.2, 0) is 13.6 Å². The van der Waals surface area contributed by atoms with Crippen molar-refractivity contribution in [3.05, 3.63) is 0 Å². The van der Waals surface area contributed by atoms with Gasteiger partial charge < -0.3 is 16.8 Å². The van der Waals surface area contributed by atoms with Crippen molar-refractivity contribution in [2.75, 3.05) is 39.4 Å². The van der Waals surface area contributed by atoms with Crippen LogP contribution in [0.25, 0.3) is 0 Å². The first-order chi connectivity index (χ1) is 7.81. The maximum Gasteiger partial charge on any atom is 0.697 e. The van der Waals surface area contributed by atoms with Crippen LogP contribution < -0.4 is 16.8 Å². The van der Waals surface area contributed by atoms with Crippen molar-refractivity contribution in [2.24, 2.45) is 11.5 Å². The largest absolute Gasteiger partial charge is 0.697 e. The SMILES string of the molecule is NCCNCCN.O=[P+]1OCCCCCO1. The van der Waals surface area contributed by atoms with E-state index in [0.29, 0.717) is 26.3 Å². The van der Waals surface area contributed by atoms with Crippen molar-refractivity contribution < 1.29 is 13.6 Å². The van der Waals surface area contributed by atoms with Crippen LogP contribution in [0.3, 0.4) is 0 Å². The molecule has 16 heavy (non-hydrogen) atoms. The number of nitrogens with one attached hydrogen (secondary N) is 1. The molecule has 1 rings (SSSR count). The van der Waals surface area contributed by atoms with Crippen LogP contribution in [0, 0.1) is 0 Å². The van der Waals surface area contributed by atoms with Gasteiger partial charge in [0, 0.05) is 30.7 Å². The van der Waals surface area contributed by atoms with E-state index in [4.69, 9.17) is 20.5 Å². The Morgan fingerprint density at radius 1 is 1.00 bits per heavy atom. The second-order valence-corrected chi connectivity index (χ2v) is 4.24. The lowest BCUT2D eigenvalue weighted by Gasteiger charge is -1.97. The Morgan fingerprint density at radius 2 is 1.50 bits per heavy atom. The fourth-order valence-corrected chi connectivity index (χ4v) is 1.66. The van der Waals surface area contributed by atoms with Gasteiger partial charge in [-0.3, -0.25) is 0 Å². The average Bonchev–Trinajstić information content (AvgIpc) is 2.25. The van der Waals surface area contributed by atoms with E-state index in [1.807, 2.05) is 0 Å². The van der Waals surface area contributed by atoms with Gasteiger partial charge in [0.2, 0.25) is 0 Å². The highest BCUT2D eigenvalue weighted by molar-refractivity contribution is 7.33. The summed E-state index contributed by atoms with van der Waals surface area (Å²) in [5.41, 5.74) is 10.3. The lowest BCUT2D eigenvalue weighted by Crippen LogP contribution is -2.27. The van der Waals surface area contributed by atoms with Gasteiger partial charge in [-0.25, -0.2) is 0 Å². The first-order valence-corrected chi connectivity index (χ1v) is 6.74. The predicted molar refractivity (Wildman–Crippen MR) is 64.3 cm³/mol. The summed E-state index contributed by atoms with van der Waals surface area (Å²) in [6, 6.07) is 0. The van der Waals surface area contributed by atoms with Crippen LogP contribution in [0.2, 0.25) is 0 Å². The molecule has 7 heteroatoms. The zero-order valence-electron chi connectivity index (χ0n) is 9.69. The Labute approximate surface area is 98.0 Å². The summed E-state index contributed by atoms with van der Waals surface area (Å²) < 4.78 is 20.1. The van der Waals surface area contributed by atoms with Crippen molar-refractivity contribution in [3.8, 4) is 0 Å². The highest BCUT2D eigenvalue weighted by Crippen LogP contribution is 2.26. The minimum absolute atomic E-state index is 0.579. The number of hydrogen-bond acceptors (Lipinski definition) is 6. The lowest BCUT2D eigenvalue weighted by atomic mass is 10.2. The highest BCUT2D eigenvalue weighted by atomic mass is 31.1. The first-order valence-electron chi connectivity index (χ1n) is 5.65. The molecule has 1 saturated heterocycles. The molecule has 1 aliphatic rings. The minimum Gasteiger partial charge on any atom is -0.329 e. The van der Waals surface area contributed by atoms with Crippen molar-refractivity contribution in [3.63, 3.8) is 0 Å². The van der Waals surface area contributed by atoms with Gasteiger partial charge >= 0.3 is 8.25 Å². The zero-order valence-corrected chi connectivity index (χ0v) is 10.6. The summed E-state index contributed by atoms with van der Waals surface area (Å²) in [4.78, 5) is 0. The molecule has 0 aromatic rings. The molecule has 6 nitrogen and oxygen atoms in total. The third-order valence-corrected chi connectivity index (χ3v) is 2.61. The van der Waals surface area contributed by atoms with Crippen LogP contribution in [0.5, 0.6) is 0 Å². The zero-order chi connectivity index (χ0) is 12.1. The summed E-state index contributed by atoms with van der Waals surface area (Å²) in [7, 11) is -1.79. The molecule has 0 amide bonds. The van der Waals surface area contributed by atoms with E-state index in [9.17, 15) is 4.57 Å². The van der Waals surface area contributed by atoms with Gasteiger partial charge in [0.15, 0.2) is 0 Å². The molecule has 0 radical (unpaired) electrons. The Hall–Kier alpha value is -0.100. The molecule has 1 aliphatic heterocycles. The average molecular weight is 252 g/mol. The monoisotopic (exact) mass is 252 g/mol. The second-order valence-electron chi connectivity index (χ2n) is 3.28. The standard InChI is InChI=1S/C5H10O3P.C4H13N3/c6-9-7-4-2-1-3-5-8-9;5-1-3-7-4-2-6/h1-5H2;7H,1-6H2/q+1;. The van der Waals surface area contributed by atoms with E-state index in [-0.39, 0.29) is 0 Å². The molecule has 0 spiro atoms. The van der Waals surface area contributed by atoms with Crippen LogP contribution in [-0.4, -0.2) is 39.4 Å². The molecular formula is C9H23N3O3P+. The van der Waals surface area contributed by atoms with E-state index in [2.05, 4.69) is 5.32 Å². The van der Waals surface area contributed by atoms with E-state index in [1.165, 1.54) is 0 Å². The smallest absolute Gasteiger partial charge is 0.329 e. The van der Waals surface area contributed by atoms with E-state index in [1.54, 1.807) is 0 Å². The third-order valence-electron chi connectivity index (χ3n) is 1.82. The van der Waals surface area contributed by atoms with Gasteiger partial charge in [-0.15, -0.1) is 9.05 Å². The van der Waals surface area contributed by atoms with E-state index < -0.39 is 8.25 Å². The van der Waals surface area contributed by atoms with Crippen molar-refractivity contribution in [1.29, 1.82) is 0 Å². The van der Waals surface area contributed by atoms with Gasteiger partial charge in [0.05, 0.1) is 0 Å². The molecule has 0 atom stereocenters. The molecule has 0 aliphatic carbocycles. The molecule has 5 N–H and O–H groups in total. The Bertz CT molecular complexity index is 158. The van der Waals surface area contributed by atoms with Gasteiger partial charge in [-0.1, -0.05) is 0 Å². The fraction of sp³-hybridized carbons (Fsp3) is 1.00. The summed E-state index contributed by atoms with van der Waals surface area (Å²) in [6.07, 6.45) is 3.12. The van der Waals surface area contributed by atoms with Gasteiger partial charge in [-0.2, -0.15) is 0 Å². The number of nitrogens with two attached hydrogens (primary N) is 2. The maximum absolute atomic E-state index is 10.5. The normalized spacial score (nSPS) is 17.0. The molecular weight excluding hydrogens is 229 g/mol. The Morgan fingerprint density at radius 3 is 1.94 bits per heavy atom. The van der Waals surface area contributed by atoms with Crippen LogP contribution >= 0.6 is 8.25 Å². The number of rotatable bonds is 4. The van der Waals surface area contributed by atoms with Gasteiger partial charge in [-0.05, 0) is 19.3 Å². The van der Waals surface area contributed by atoms with E-state index >= 15 is 0 Å². The summed E-state index contributed by atoms with van der Waals surface area (Å²) >= 11 is 0.